The molecule has 3 aromatic rings. The lowest BCUT2D eigenvalue weighted by Crippen LogP contribution is -2.20. The van der Waals surface area contributed by atoms with Crippen LogP contribution in [0.5, 0.6) is 5.75 Å². The van der Waals surface area contributed by atoms with Crippen molar-refractivity contribution in [1.82, 2.24) is 0 Å². The molecule has 0 aliphatic carbocycles. The van der Waals surface area contributed by atoms with Gasteiger partial charge in [-0.05, 0) is 66.4 Å². The number of hydrogen-bond acceptors (Lipinski definition) is 3. The van der Waals surface area contributed by atoms with E-state index in [1.165, 1.54) is 11.6 Å². The van der Waals surface area contributed by atoms with E-state index >= 15 is 0 Å². The molecule has 0 heterocycles. The highest BCUT2D eigenvalue weighted by molar-refractivity contribution is 6.37. The Labute approximate surface area is 197 Å². The predicted molar refractivity (Wildman–Crippen MR) is 130 cm³/mol. The van der Waals surface area contributed by atoms with Crippen molar-refractivity contribution in [2.24, 2.45) is 0 Å². The van der Waals surface area contributed by atoms with Crippen molar-refractivity contribution in [3.63, 3.8) is 0 Å². The van der Waals surface area contributed by atoms with Crippen molar-refractivity contribution < 1.29 is 14.3 Å². The van der Waals surface area contributed by atoms with Crippen molar-refractivity contribution in [2.75, 3.05) is 17.2 Å². The van der Waals surface area contributed by atoms with E-state index in [0.29, 0.717) is 33.6 Å². The van der Waals surface area contributed by atoms with Gasteiger partial charge in [-0.3, -0.25) is 9.59 Å². The molecule has 0 bridgehead atoms. The van der Waals surface area contributed by atoms with E-state index < -0.39 is 0 Å². The summed E-state index contributed by atoms with van der Waals surface area (Å²) in [7, 11) is 0. The number of benzene rings is 3. The lowest BCUT2D eigenvalue weighted by atomic mass is 9.99. The van der Waals surface area contributed by atoms with Crippen LogP contribution in [0.2, 0.25) is 10.0 Å². The maximum absolute atomic E-state index is 12.5. The van der Waals surface area contributed by atoms with Crippen molar-refractivity contribution in [3.8, 4) is 5.75 Å². The van der Waals surface area contributed by atoms with Gasteiger partial charge in [-0.15, -0.1) is 0 Å². The highest BCUT2D eigenvalue weighted by Crippen LogP contribution is 2.24. The smallest absolute Gasteiger partial charge is 0.262 e. The molecule has 32 heavy (non-hydrogen) atoms. The van der Waals surface area contributed by atoms with Crippen molar-refractivity contribution in [2.45, 2.75) is 26.2 Å². The molecule has 0 aliphatic heterocycles. The Morgan fingerprint density at radius 2 is 1.62 bits per heavy atom. The standard InChI is InChI=1S/C25H24Cl2N2O3/c1-3-16(2)17-7-10-21(11-8-17)32-15-24(30)28-19-5-4-6-20(14-19)29-25(31)22-12-9-18(26)13-23(22)27/h4-14,16H,3,15H2,1-2H3,(H,28,30)(H,29,31)/t16-/m0/s1. The third kappa shape index (κ3) is 6.49. The fraction of sp³-hybridized carbons (Fsp3) is 0.200. The molecule has 7 heteroatoms. The fourth-order valence-corrected chi connectivity index (χ4v) is 3.52. The van der Waals surface area contributed by atoms with E-state index in [-0.39, 0.29) is 23.4 Å². The number of anilines is 2. The van der Waals surface area contributed by atoms with Gasteiger partial charge in [-0.1, -0.05) is 55.2 Å². The lowest BCUT2D eigenvalue weighted by molar-refractivity contribution is -0.118. The van der Waals surface area contributed by atoms with E-state index in [1.54, 1.807) is 36.4 Å². The summed E-state index contributed by atoms with van der Waals surface area (Å²) in [6, 6.07) is 19.2. The molecular weight excluding hydrogens is 447 g/mol. The zero-order valence-electron chi connectivity index (χ0n) is 17.8. The van der Waals surface area contributed by atoms with Crippen LogP contribution in [0.1, 0.15) is 42.1 Å². The number of carbonyl (C=O) groups is 2. The van der Waals surface area contributed by atoms with Crippen molar-refractivity contribution in [1.29, 1.82) is 0 Å². The monoisotopic (exact) mass is 470 g/mol. The molecule has 3 rings (SSSR count). The van der Waals surface area contributed by atoms with Crippen LogP contribution in [-0.2, 0) is 4.79 Å². The van der Waals surface area contributed by atoms with Crippen LogP contribution >= 0.6 is 23.2 Å². The summed E-state index contributed by atoms with van der Waals surface area (Å²) in [5, 5.41) is 6.23. The molecule has 0 saturated heterocycles. The first kappa shape index (κ1) is 23.6. The molecule has 0 saturated carbocycles. The molecule has 0 spiro atoms. The van der Waals surface area contributed by atoms with Gasteiger partial charge >= 0.3 is 0 Å². The highest BCUT2D eigenvalue weighted by Gasteiger charge is 2.12. The zero-order chi connectivity index (χ0) is 23.1. The van der Waals surface area contributed by atoms with Gasteiger partial charge in [0, 0.05) is 16.4 Å². The van der Waals surface area contributed by atoms with Gasteiger partial charge in [-0.2, -0.15) is 0 Å². The van der Waals surface area contributed by atoms with Crippen LogP contribution in [-0.4, -0.2) is 18.4 Å². The van der Waals surface area contributed by atoms with E-state index in [9.17, 15) is 9.59 Å². The molecule has 0 radical (unpaired) electrons. The minimum atomic E-state index is -0.376. The number of ether oxygens (including phenoxy) is 1. The van der Waals surface area contributed by atoms with Crippen LogP contribution in [0.15, 0.2) is 66.7 Å². The third-order valence-corrected chi connectivity index (χ3v) is 5.56. The largest absolute Gasteiger partial charge is 0.484 e. The first-order chi connectivity index (χ1) is 15.4. The van der Waals surface area contributed by atoms with Gasteiger partial charge in [0.25, 0.3) is 11.8 Å². The van der Waals surface area contributed by atoms with Crippen LogP contribution in [0, 0.1) is 0 Å². The van der Waals surface area contributed by atoms with Gasteiger partial charge in [0.05, 0.1) is 10.6 Å². The summed E-state index contributed by atoms with van der Waals surface area (Å²) < 4.78 is 5.58. The second kappa shape index (κ2) is 11.0. The Morgan fingerprint density at radius 3 is 2.28 bits per heavy atom. The Morgan fingerprint density at radius 1 is 0.938 bits per heavy atom. The molecule has 0 fully saturated rings. The average Bonchev–Trinajstić information content (AvgIpc) is 2.77. The second-order valence-corrected chi connectivity index (χ2v) is 8.22. The number of amides is 2. The molecule has 2 N–H and O–H groups in total. The summed E-state index contributed by atoms with van der Waals surface area (Å²) >= 11 is 12.0. The SMILES string of the molecule is CC[C@H](C)c1ccc(OCC(=O)Nc2cccc(NC(=O)c3ccc(Cl)cc3Cl)c2)cc1. The van der Waals surface area contributed by atoms with Gasteiger partial charge in [0.1, 0.15) is 5.75 Å². The van der Waals surface area contributed by atoms with Crippen LogP contribution in [0.25, 0.3) is 0 Å². The number of rotatable bonds is 8. The highest BCUT2D eigenvalue weighted by atomic mass is 35.5. The first-order valence-corrected chi connectivity index (χ1v) is 11.0. The summed E-state index contributed by atoms with van der Waals surface area (Å²) in [6.07, 6.45) is 1.06. The molecule has 0 aliphatic rings. The molecule has 2 amide bonds. The van der Waals surface area contributed by atoms with Crippen molar-refractivity contribution in [3.05, 3.63) is 87.9 Å². The Hall–Kier alpha value is -3.02. The van der Waals surface area contributed by atoms with Crippen LogP contribution < -0.4 is 15.4 Å². The van der Waals surface area contributed by atoms with Crippen molar-refractivity contribution >= 4 is 46.4 Å². The van der Waals surface area contributed by atoms with Gasteiger partial charge < -0.3 is 15.4 Å². The minimum absolute atomic E-state index is 0.125. The predicted octanol–water partition coefficient (Wildman–Crippen LogP) is 6.78. The van der Waals surface area contributed by atoms with E-state index in [0.717, 1.165) is 6.42 Å². The molecule has 5 nitrogen and oxygen atoms in total. The quantitative estimate of drug-likeness (QED) is 0.381. The minimum Gasteiger partial charge on any atom is -0.484 e. The third-order valence-electron chi connectivity index (χ3n) is 5.01. The second-order valence-electron chi connectivity index (χ2n) is 7.37. The Bertz CT molecular complexity index is 1100. The first-order valence-electron chi connectivity index (χ1n) is 10.2. The summed E-state index contributed by atoms with van der Waals surface area (Å²) in [6.45, 7) is 4.19. The number of carbonyl (C=O) groups excluding carboxylic acids is 2. The van der Waals surface area contributed by atoms with Gasteiger partial charge in [0.2, 0.25) is 0 Å². The van der Waals surface area contributed by atoms with Gasteiger partial charge in [0.15, 0.2) is 6.61 Å². The normalized spacial score (nSPS) is 11.5. The molecule has 166 valence electrons. The van der Waals surface area contributed by atoms with Crippen LogP contribution in [0.3, 0.4) is 0 Å². The Balaban J connectivity index is 1.55. The van der Waals surface area contributed by atoms with E-state index in [2.05, 4.69) is 24.5 Å². The Kier molecular flexibility index (Phi) is 8.14. The summed E-state index contributed by atoms with van der Waals surface area (Å²) in [4.78, 5) is 24.8. The molecule has 0 unspecified atom stereocenters. The molecule has 1 atom stereocenters. The maximum Gasteiger partial charge on any atom is 0.262 e. The zero-order valence-corrected chi connectivity index (χ0v) is 19.3. The number of halogens is 2. The van der Waals surface area contributed by atoms with Crippen LogP contribution in [0.4, 0.5) is 11.4 Å². The lowest BCUT2D eigenvalue weighted by Gasteiger charge is -2.12. The van der Waals surface area contributed by atoms with E-state index in [1.807, 2.05) is 24.3 Å². The van der Waals surface area contributed by atoms with E-state index in [4.69, 9.17) is 27.9 Å². The number of hydrogen-bond donors (Lipinski definition) is 2. The summed E-state index contributed by atoms with van der Waals surface area (Å²) in [5.41, 5.74) is 2.59. The molecular formula is C25H24Cl2N2O3. The summed E-state index contributed by atoms with van der Waals surface area (Å²) in [5.74, 6) is 0.434. The fourth-order valence-electron chi connectivity index (χ4n) is 3.02. The van der Waals surface area contributed by atoms with Gasteiger partial charge in [-0.25, -0.2) is 0 Å². The number of nitrogens with one attached hydrogen (secondary N) is 2. The topological polar surface area (TPSA) is 67.4 Å². The average molecular weight is 471 g/mol. The maximum atomic E-state index is 12.5. The molecule has 3 aromatic carbocycles. The molecule has 0 aromatic heterocycles.